The standard InChI is InChI=1S/C15H14F4N4O2/c1-8(23-14(24)10-4-12(20)21-6-11(10)16)9-2-3-13(22-5-9)25-7-15(17,18)19/h2-6,8H,7H2,1H3,(H2,20,21)(H,23,24). The molecule has 0 fully saturated rings. The number of carbonyl (C=O) groups is 1. The van der Waals surface area contributed by atoms with Crippen LogP contribution in [-0.4, -0.2) is 28.7 Å². The predicted octanol–water partition coefficient (Wildman–Crippen LogP) is 2.63. The number of nitrogens with zero attached hydrogens (tertiary/aromatic N) is 2. The number of hydrogen-bond acceptors (Lipinski definition) is 5. The summed E-state index contributed by atoms with van der Waals surface area (Å²) in [6, 6.07) is 3.21. The zero-order valence-electron chi connectivity index (χ0n) is 13.0. The summed E-state index contributed by atoms with van der Waals surface area (Å²) >= 11 is 0. The first-order valence-corrected chi connectivity index (χ1v) is 7.03. The van der Waals surface area contributed by atoms with Gasteiger partial charge in [-0.25, -0.2) is 14.4 Å². The van der Waals surface area contributed by atoms with Crippen molar-refractivity contribution in [3.8, 4) is 5.88 Å². The lowest BCUT2D eigenvalue weighted by atomic mass is 10.1. The van der Waals surface area contributed by atoms with Crippen LogP contribution < -0.4 is 15.8 Å². The molecule has 0 saturated carbocycles. The van der Waals surface area contributed by atoms with Gasteiger partial charge < -0.3 is 15.8 Å². The smallest absolute Gasteiger partial charge is 0.422 e. The summed E-state index contributed by atoms with van der Waals surface area (Å²) in [6.07, 6.45) is -2.37. The zero-order valence-corrected chi connectivity index (χ0v) is 13.0. The molecule has 3 N–H and O–H groups in total. The molecule has 134 valence electrons. The molecule has 0 spiro atoms. The van der Waals surface area contributed by atoms with Crippen LogP contribution in [0.3, 0.4) is 0 Å². The Bertz CT molecular complexity index is 750. The van der Waals surface area contributed by atoms with Crippen LogP contribution in [0, 0.1) is 5.82 Å². The van der Waals surface area contributed by atoms with E-state index in [9.17, 15) is 22.4 Å². The fourth-order valence-corrected chi connectivity index (χ4v) is 1.88. The third-order valence-electron chi connectivity index (χ3n) is 3.11. The molecule has 0 aromatic carbocycles. The predicted molar refractivity (Wildman–Crippen MR) is 80.3 cm³/mol. The molecule has 0 radical (unpaired) electrons. The fraction of sp³-hybridized carbons (Fsp3) is 0.267. The molecule has 10 heteroatoms. The Morgan fingerprint density at radius 1 is 1.32 bits per heavy atom. The number of hydrogen-bond donors (Lipinski definition) is 2. The molecule has 0 aliphatic rings. The number of nitrogen functional groups attached to an aromatic ring is 1. The Hall–Kier alpha value is -2.91. The Balaban J connectivity index is 2.02. The molecule has 0 bridgehead atoms. The quantitative estimate of drug-likeness (QED) is 0.802. The molecule has 2 aromatic heterocycles. The Morgan fingerprint density at radius 3 is 2.64 bits per heavy atom. The third kappa shape index (κ3) is 5.30. The number of aromatic nitrogens is 2. The molecular weight excluding hydrogens is 344 g/mol. The lowest BCUT2D eigenvalue weighted by Crippen LogP contribution is -2.27. The third-order valence-corrected chi connectivity index (χ3v) is 3.11. The van der Waals surface area contributed by atoms with Crippen LogP contribution in [0.15, 0.2) is 30.6 Å². The number of alkyl halides is 3. The van der Waals surface area contributed by atoms with Gasteiger partial charge in [0.25, 0.3) is 5.91 Å². The molecule has 1 unspecified atom stereocenters. The van der Waals surface area contributed by atoms with Gasteiger partial charge in [-0.1, -0.05) is 6.07 Å². The summed E-state index contributed by atoms with van der Waals surface area (Å²) in [5, 5.41) is 2.53. The summed E-state index contributed by atoms with van der Waals surface area (Å²) in [4.78, 5) is 19.3. The number of carbonyl (C=O) groups excluding carboxylic acids is 1. The van der Waals surface area contributed by atoms with Crippen molar-refractivity contribution in [1.29, 1.82) is 0 Å². The van der Waals surface area contributed by atoms with E-state index in [1.165, 1.54) is 18.3 Å². The van der Waals surface area contributed by atoms with Gasteiger partial charge in [0, 0.05) is 12.3 Å². The molecular formula is C15H14F4N4O2. The van der Waals surface area contributed by atoms with Crippen LogP contribution in [0.5, 0.6) is 5.88 Å². The molecule has 25 heavy (non-hydrogen) atoms. The number of nitrogens with one attached hydrogen (secondary N) is 1. The average molecular weight is 358 g/mol. The molecule has 2 aromatic rings. The van der Waals surface area contributed by atoms with Gasteiger partial charge in [0.15, 0.2) is 12.4 Å². The average Bonchev–Trinajstić information content (AvgIpc) is 2.54. The Morgan fingerprint density at radius 2 is 2.04 bits per heavy atom. The largest absolute Gasteiger partial charge is 0.468 e. The molecule has 2 rings (SSSR count). The highest BCUT2D eigenvalue weighted by Gasteiger charge is 2.28. The number of ether oxygens (including phenoxy) is 1. The van der Waals surface area contributed by atoms with E-state index < -0.39 is 30.5 Å². The SMILES string of the molecule is CC(NC(=O)c1cc(N)ncc1F)c1ccc(OCC(F)(F)F)nc1. The summed E-state index contributed by atoms with van der Waals surface area (Å²) < 4.78 is 54.3. The van der Waals surface area contributed by atoms with Crippen molar-refractivity contribution < 1.29 is 27.1 Å². The first-order valence-electron chi connectivity index (χ1n) is 7.03. The van der Waals surface area contributed by atoms with E-state index >= 15 is 0 Å². The molecule has 1 atom stereocenters. The van der Waals surface area contributed by atoms with Gasteiger partial charge in [0.05, 0.1) is 17.8 Å². The van der Waals surface area contributed by atoms with Gasteiger partial charge in [-0.2, -0.15) is 13.2 Å². The van der Waals surface area contributed by atoms with E-state index in [2.05, 4.69) is 20.0 Å². The van der Waals surface area contributed by atoms with Crippen LogP contribution in [-0.2, 0) is 0 Å². The minimum atomic E-state index is -4.46. The maximum absolute atomic E-state index is 13.6. The lowest BCUT2D eigenvalue weighted by Gasteiger charge is -2.15. The number of halogens is 4. The molecule has 0 aliphatic heterocycles. The van der Waals surface area contributed by atoms with Crippen molar-refractivity contribution in [3.63, 3.8) is 0 Å². The van der Waals surface area contributed by atoms with E-state index in [-0.39, 0.29) is 17.3 Å². The van der Waals surface area contributed by atoms with Crippen molar-refractivity contribution in [1.82, 2.24) is 15.3 Å². The second kappa shape index (κ2) is 7.32. The van der Waals surface area contributed by atoms with Gasteiger partial charge >= 0.3 is 6.18 Å². The number of amides is 1. The molecule has 1 amide bonds. The molecule has 0 saturated heterocycles. The first kappa shape index (κ1) is 18.4. The van der Waals surface area contributed by atoms with Crippen LogP contribution >= 0.6 is 0 Å². The normalized spacial score (nSPS) is 12.5. The second-order valence-corrected chi connectivity index (χ2v) is 5.12. The number of anilines is 1. The van der Waals surface area contributed by atoms with Crippen molar-refractivity contribution in [3.05, 3.63) is 47.5 Å². The van der Waals surface area contributed by atoms with Crippen molar-refractivity contribution in [2.24, 2.45) is 0 Å². The highest BCUT2D eigenvalue weighted by molar-refractivity contribution is 5.95. The number of nitrogens with two attached hydrogens (primary N) is 1. The van der Waals surface area contributed by atoms with Crippen LogP contribution in [0.2, 0.25) is 0 Å². The van der Waals surface area contributed by atoms with E-state index in [0.29, 0.717) is 5.56 Å². The highest BCUT2D eigenvalue weighted by atomic mass is 19.4. The Kier molecular flexibility index (Phi) is 5.40. The Labute approximate surface area is 140 Å². The summed E-state index contributed by atoms with van der Waals surface area (Å²) in [7, 11) is 0. The van der Waals surface area contributed by atoms with Crippen molar-refractivity contribution in [2.75, 3.05) is 12.3 Å². The van der Waals surface area contributed by atoms with Crippen molar-refractivity contribution >= 4 is 11.7 Å². The maximum Gasteiger partial charge on any atom is 0.422 e. The van der Waals surface area contributed by atoms with Gasteiger partial charge in [-0.3, -0.25) is 4.79 Å². The second-order valence-electron chi connectivity index (χ2n) is 5.12. The van der Waals surface area contributed by atoms with Gasteiger partial charge in [0.1, 0.15) is 5.82 Å². The van der Waals surface area contributed by atoms with E-state index in [1.54, 1.807) is 6.92 Å². The topological polar surface area (TPSA) is 90.1 Å². The van der Waals surface area contributed by atoms with Crippen LogP contribution in [0.25, 0.3) is 0 Å². The summed E-state index contributed by atoms with van der Waals surface area (Å²) in [5.41, 5.74) is 5.65. The zero-order chi connectivity index (χ0) is 18.6. The van der Waals surface area contributed by atoms with Gasteiger partial charge in [-0.15, -0.1) is 0 Å². The minimum absolute atomic E-state index is 0.00737. The fourth-order valence-electron chi connectivity index (χ4n) is 1.88. The molecule has 0 aliphatic carbocycles. The van der Waals surface area contributed by atoms with E-state index in [0.717, 1.165) is 12.3 Å². The highest BCUT2D eigenvalue weighted by Crippen LogP contribution is 2.19. The molecule has 6 nitrogen and oxygen atoms in total. The summed E-state index contributed by atoms with van der Waals surface area (Å²) in [6.45, 7) is 0.155. The number of pyridine rings is 2. The molecule has 2 heterocycles. The monoisotopic (exact) mass is 358 g/mol. The van der Waals surface area contributed by atoms with Crippen LogP contribution in [0.1, 0.15) is 28.9 Å². The first-order chi connectivity index (χ1) is 11.7. The maximum atomic E-state index is 13.6. The van der Waals surface area contributed by atoms with E-state index in [1.807, 2.05) is 0 Å². The van der Waals surface area contributed by atoms with Crippen LogP contribution in [0.4, 0.5) is 23.4 Å². The van der Waals surface area contributed by atoms with Gasteiger partial charge in [-0.05, 0) is 18.6 Å². The minimum Gasteiger partial charge on any atom is -0.468 e. The van der Waals surface area contributed by atoms with E-state index in [4.69, 9.17) is 5.73 Å². The van der Waals surface area contributed by atoms with Crippen molar-refractivity contribution in [2.45, 2.75) is 19.1 Å². The lowest BCUT2D eigenvalue weighted by molar-refractivity contribution is -0.154. The van der Waals surface area contributed by atoms with Gasteiger partial charge in [0.2, 0.25) is 5.88 Å². The summed E-state index contributed by atoms with van der Waals surface area (Å²) in [5.74, 6) is -1.75. The number of rotatable bonds is 5.